The molecule has 0 aromatic heterocycles. The predicted molar refractivity (Wildman–Crippen MR) is 105 cm³/mol. The summed E-state index contributed by atoms with van der Waals surface area (Å²) in [6, 6.07) is 7.51. The molecule has 0 radical (unpaired) electrons. The molecule has 1 atom stereocenters. The van der Waals surface area contributed by atoms with Gasteiger partial charge in [-0.15, -0.1) is 0 Å². The third-order valence-electron chi connectivity index (χ3n) is 2.85. The molecule has 3 N–H and O–H groups in total. The number of aliphatic hydroxyl groups excluding tert-OH is 1. The van der Waals surface area contributed by atoms with Gasteiger partial charge in [-0.3, -0.25) is 0 Å². The van der Waals surface area contributed by atoms with E-state index >= 15 is 0 Å². The normalized spacial score (nSPS) is 11.7. The van der Waals surface area contributed by atoms with Crippen molar-refractivity contribution >= 4 is 23.2 Å². The van der Waals surface area contributed by atoms with Crippen LogP contribution in [0.2, 0.25) is 5.02 Å². The van der Waals surface area contributed by atoms with Crippen molar-refractivity contribution in [1.82, 2.24) is 0 Å². The van der Waals surface area contributed by atoms with Crippen LogP contribution in [0.15, 0.2) is 35.4 Å². The van der Waals surface area contributed by atoms with Gasteiger partial charge in [-0.25, -0.2) is 0 Å². The first-order chi connectivity index (χ1) is 11.0. The molecule has 1 aromatic rings. The van der Waals surface area contributed by atoms with Gasteiger partial charge in [-0.05, 0) is 49.9 Å². The molecular weight excluding hydrogens is 329 g/mol. The summed E-state index contributed by atoms with van der Waals surface area (Å²) in [5.74, 6) is 0. The Morgan fingerprint density at radius 3 is 2.43 bits per heavy atom. The van der Waals surface area contributed by atoms with Crippen LogP contribution in [0.1, 0.15) is 58.9 Å². The number of nitrogens with two attached hydrogens (primary N) is 1. The molecule has 0 aliphatic carbocycles. The second kappa shape index (κ2) is 17.8. The van der Waals surface area contributed by atoms with Crippen molar-refractivity contribution in [3.63, 3.8) is 0 Å². The molecule has 0 spiro atoms. The van der Waals surface area contributed by atoms with Crippen LogP contribution in [0.3, 0.4) is 0 Å². The lowest BCUT2D eigenvalue weighted by Gasteiger charge is -2.08. The average molecular weight is 362 g/mol. The average Bonchev–Trinajstić information content (AvgIpc) is 2.55. The minimum Gasteiger partial charge on any atom is -0.393 e. The fourth-order valence-corrected chi connectivity index (χ4v) is 2.00. The van der Waals surface area contributed by atoms with E-state index in [-0.39, 0.29) is 6.10 Å². The molecule has 0 saturated heterocycles. The van der Waals surface area contributed by atoms with Crippen LogP contribution < -0.4 is 5.73 Å². The molecule has 0 amide bonds. The van der Waals surface area contributed by atoms with Gasteiger partial charge in [-0.1, -0.05) is 75.5 Å². The SMILES string of the molecule is CC.CCC/C=C(/Cl)CC.NCCC(O)Cc1cccc(Cl)c1. The first-order valence-electron chi connectivity index (χ1n) is 8.50. The third-order valence-corrected chi connectivity index (χ3v) is 3.51. The first kappa shape index (κ1) is 24.7. The Bertz CT molecular complexity index is 408. The second-order valence-corrected chi connectivity index (χ2v) is 5.78. The van der Waals surface area contributed by atoms with Crippen molar-refractivity contribution in [1.29, 1.82) is 0 Å². The Labute approximate surface area is 152 Å². The van der Waals surface area contributed by atoms with Gasteiger partial charge in [0.2, 0.25) is 0 Å². The van der Waals surface area contributed by atoms with E-state index in [1.165, 1.54) is 6.42 Å². The van der Waals surface area contributed by atoms with Crippen LogP contribution in [0, 0.1) is 0 Å². The molecule has 4 heteroatoms. The maximum Gasteiger partial charge on any atom is 0.0592 e. The van der Waals surface area contributed by atoms with Crippen LogP contribution in [0.5, 0.6) is 0 Å². The smallest absolute Gasteiger partial charge is 0.0592 e. The molecular formula is C19H33Cl2NO. The summed E-state index contributed by atoms with van der Waals surface area (Å²) in [7, 11) is 0. The van der Waals surface area contributed by atoms with Gasteiger partial charge >= 0.3 is 0 Å². The zero-order valence-electron chi connectivity index (χ0n) is 15.0. The Balaban J connectivity index is 0. The number of rotatable bonds is 7. The lowest BCUT2D eigenvalue weighted by molar-refractivity contribution is 0.167. The number of benzene rings is 1. The molecule has 0 aliphatic rings. The molecule has 0 bridgehead atoms. The number of aliphatic hydroxyl groups is 1. The number of hydrogen-bond acceptors (Lipinski definition) is 2. The summed E-state index contributed by atoms with van der Waals surface area (Å²) < 4.78 is 0. The third kappa shape index (κ3) is 16.1. The van der Waals surface area contributed by atoms with Crippen molar-refractivity contribution < 1.29 is 5.11 Å². The van der Waals surface area contributed by atoms with E-state index in [0.717, 1.165) is 23.4 Å². The summed E-state index contributed by atoms with van der Waals surface area (Å²) in [6.07, 6.45) is 6.26. The fourth-order valence-electron chi connectivity index (χ4n) is 1.68. The van der Waals surface area contributed by atoms with Crippen molar-refractivity contribution in [2.24, 2.45) is 5.73 Å². The van der Waals surface area contributed by atoms with Crippen molar-refractivity contribution in [3.05, 3.63) is 46.0 Å². The Morgan fingerprint density at radius 1 is 1.30 bits per heavy atom. The highest BCUT2D eigenvalue weighted by atomic mass is 35.5. The van der Waals surface area contributed by atoms with Crippen LogP contribution >= 0.6 is 23.2 Å². The zero-order chi connectivity index (χ0) is 18.1. The Kier molecular flexibility index (Phi) is 19.1. The van der Waals surface area contributed by atoms with Gasteiger partial charge in [0.05, 0.1) is 6.10 Å². The maximum absolute atomic E-state index is 9.47. The summed E-state index contributed by atoms with van der Waals surface area (Å²) >= 11 is 11.5. The van der Waals surface area contributed by atoms with Crippen LogP contribution in [-0.2, 0) is 6.42 Å². The van der Waals surface area contributed by atoms with E-state index in [2.05, 4.69) is 19.9 Å². The van der Waals surface area contributed by atoms with E-state index in [0.29, 0.717) is 24.4 Å². The monoisotopic (exact) mass is 361 g/mol. The van der Waals surface area contributed by atoms with E-state index in [1.807, 2.05) is 38.1 Å². The van der Waals surface area contributed by atoms with Crippen molar-refractivity contribution in [3.8, 4) is 0 Å². The van der Waals surface area contributed by atoms with Crippen LogP contribution in [0.25, 0.3) is 0 Å². The van der Waals surface area contributed by atoms with E-state index < -0.39 is 0 Å². The molecule has 0 heterocycles. The predicted octanol–water partition coefficient (Wildman–Crippen LogP) is 5.94. The summed E-state index contributed by atoms with van der Waals surface area (Å²) in [5.41, 5.74) is 6.38. The molecule has 0 fully saturated rings. The molecule has 0 aliphatic heterocycles. The Hall–Kier alpha value is -0.540. The van der Waals surface area contributed by atoms with Crippen molar-refractivity contribution in [2.75, 3.05) is 6.54 Å². The van der Waals surface area contributed by atoms with Gasteiger partial charge in [0.1, 0.15) is 0 Å². The van der Waals surface area contributed by atoms with E-state index in [4.69, 9.17) is 28.9 Å². The number of hydrogen-bond donors (Lipinski definition) is 2. The molecule has 1 rings (SSSR count). The largest absolute Gasteiger partial charge is 0.393 e. The number of halogens is 2. The molecule has 1 aromatic carbocycles. The number of unbranched alkanes of at least 4 members (excludes halogenated alkanes) is 1. The van der Waals surface area contributed by atoms with Crippen LogP contribution in [-0.4, -0.2) is 17.8 Å². The molecule has 134 valence electrons. The minimum atomic E-state index is -0.358. The van der Waals surface area contributed by atoms with Gasteiger partial charge in [0.25, 0.3) is 0 Å². The summed E-state index contributed by atoms with van der Waals surface area (Å²) in [6.45, 7) is 8.73. The minimum absolute atomic E-state index is 0.358. The van der Waals surface area contributed by atoms with Crippen molar-refractivity contribution in [2.45, 2.75) is 65.9 Å². The molecule has 1 unspecified atom stereocenters. The molecule has 23 heavy (non-hydrogen) atoms. The fraction of sp³-hybridized carbons (Fsp3) is 0.579. The highest BCUT2D eigenvalue weighted by molar-refractivity contribution is 6.30. The lowest BCUT2D eigenvalue weighted by atomic mass is 10.1. The van der Waals surface area contributed by atoms with E-state index in [9.17, 15) is 5.11 Å². The highest BCUT2D eigenvalue weighted by Crippen LogP contribution is 2.12. The zero-order valence-corrected chi connectivity index (χ0v) is 16.5. The highest BCUT2D eigenvalue weighted by Gasteiger charge is 2.04. The maximum atomic E-state index is 9.47. The topological polar surface area (TPSA) is 46.2 Å². The summed E-state index contributed by atoms with van der Waals surface area (Å²) in [5, 5.41) is 11.2. The van der Waals surface area contributed by atoms with Gasteiger partial charge in [-0.2, -0.15) is 0 Å². The van der Waals surface area contributed by atoms with Crippen LogP contribution in [0.4, 0.5) is 0 Å². The van der Waals surface area contributed by atoms with Gasteiger partial charge < -0.3 is 10.8 Å². The standard InChI is InChI=1S/C10H14ClNO.C7H13Cl.C2H6/c11-9-3-1-2-8(6-9)7-10(13)4-5-12;1-3-5-6-7(8)4-2;1-2/h1-3,6,10,13H,4-5,7,12H2;6H,3-5H2,1-2H3;1-2H3/b;7-6+;. The molecule has 2 nitrogen and oxygen atoms in total. The van der Waals surface area contributed by atoms with Gasteiger partial charge in [0.15, 0.2) is 0 Å². The quantitative estimate of drug-likeness (QED) is 0.631. The first-order valence-corrected chi connectivity index (χ1v) is 9.26. The lowest BCUT2D eigenvalue weighted by Crippen LogP contribution is -2.15. The Morgan fingerprint density at radius 2 is 1.96 bits per heavy atom. The van der Waals surface area contributed by atoms with Gasteiger partial charge in [0, 0.05) is 10.1 Å². The number of allylic oxidation sites excluding steroid dienone is 2. The van der Waals surface area contributed by atoms with E-state index in [1.54, 1.807) is 0 Å². The summed E-state index contributed by atoms with van der Waals surface area (Å²) in [4.78, 5) is 0. The second-order valence-electron chi connectivity index (χ2n) is 4.86. The molecule has 0 saturated carbocycles.